The van der Waals surface area contributed by atoms with Gasteiger partial charge in [0, 0.05) is 61.4 Å². The minimum atomic E-state index is -1.25. The zero-order valence-electron chi connectivity index (χ0n) is 63.3. The first-order chi connectivity index (χ1) is 49.3. The van der Waals surface area contributed by atoms with E-state index in [2.05, 4.69) is 196 Å². The van der Waals surface area contributed by atoms with E-state index >= 15 is 0 Å². The first-order valence-electron chi connectivity index (χ1n) is 35.0. The van der Waals surface area contributed by atoms with Crippen LogP contribution in [0.4, 0.5) is 0 Å². The van der Waals surface area contributed by atoms with Gasteiger partial charge in [-0.05, 0) is 136 Å². The van der Waals surface area contributed by atoms with Crippen LogP contribution in [-0.4, -0.2) is 338 Å². The van der Waals surface area contributed by atoms with Crippen molar-refractivity contribution >= 4 is 146 Å². The van der Waals surface area contributed by atoms with Gasteiger partial charge >= 0.3 is 0 Å². The Kier molecular flexibility index (Phi) is 30.9. The molecule has 11 heterocycles. The summed E-state index contributed by atoms with van der Waals surface area (Å²) >= 11 is 12.0. The Bertz CT molecular complexity index is 3540. The Hall–Kier alpha value is -3.73. The van der Waals surface area contributed by atoms with E-state index in [-0.39, 0.29) is 69.1 Å². The third-order valence-corrected chi connectivity index (χ3v) is 29.2. The number of alkyl halides is 3. The van der Waals surface area contributed by atoms with Crippen molar-refractivity contribution in [2.24, 2.45) is 0 Å². The smallest absolute Gasteiger partial charge is 0.250 e. The summed E-state index contributed by atoms with van der Waals surface area (Å²) in [6, 6.07) is 0. The lowest BCUT2D eigenvalue weighted by Gasteiger charge is -2.38. The molecule has 11 aliphatic rings. The maximum absolute atomic E-state index is 11.3. The van der Waals surface area contributed by atoms with Crippen molar-refractivity contribution in [2.75, 3.05) is 104 Å². The minimum absolute atomic E-state index is 0.0877. The van der Waals surface area contributed by atoms with Crippen molar-refractivity contribution in [1.29, 1.82) is 0 Å². The number of nitrogens with zero attached hydrogens (tertiary/aromatic N) is 5. The van der Waals surface area contributed by atoms with Crippen molar-refractivity contribution < 1.29 is 83.0 Å². The van der Waals surface area contributed by atoms with Crippen LogP contribution in [0.2, 0.25) is 0 Å². The van der Waals surface area contributed by atoms with Crippen molar-refractivity contribution in [1.82, 2.24) is 51.1 Å². The average molecular weight is 1790 g/mol. The summed E-state index contributed by atoms with van der Waals surface area (Å²) in [7, 11) is 0. The van der Waals surface area contributed by atoms with Crippen molar-refractivity contribution in [2.45, 2.75) is 157 Å². The van der Waals surface area contributed by atoms with Gasteiger partial charge in [0.25, 0.3) is 29.5 Å². The number of aliphatic hydroxyl groups is 6. The normalized spacial score (nSPS) is 34.8. The van der Waals surface area contributed by atoms with Crippen LogP contribution in [0.3, 0.4) is 0 Å². The largest absolute Gasteiger partial charge is 0.389 e. The van der Waals surface area contributed by atoms with E-state index in [0.29, 0.717) is 42.1 Å². The van der Waals surface area contributed by atoms with Crippen LogP contribution in [0.1, 0.15) is 39.0 Å². The summed E-state index contributed by atoms with van der Waals surface area (Å²) in [5.41, 5.74) is -1.53. The van der Waals surface area contributed by atoms with Gasteiger partial charge in [0.05, 0.1) is 51.5 Å². The fourth-order valence-electron chi connectivity index (χ4n) is 12.8. The number of carbonyl (C=O) groups excluding carboxylic acids is 5. The molecular formula is C72H114BrClIN10O17P5. The predicted octanol–water partition coefficient (Wildman–Crippen LogP) is 4.64. The van der Waals surface area contributed by atoms with Crippen LogP contribution in [0.5, 0.6) is 0 Å². The molecule has 6 fully saturated rings. The van der Waals surface area contributed by atoms with Gasteiger partial charge in [-0.3, -0.25) is 24.0 Å². The molecule has 600 valence electrons. The molecule has 11 N–H and O–H groups in total. The van der Waals surface area contributed by atoms with E-state index in [1.807, 2.05) is 0 Å². The van der Waals surface area contributed by atoms with E-state index in [4.69, 9.17) is 40.0 Å². The summed E-state index contributed by atoms with van der Waals surface area (Å²) in [5, 5.41) is 74.8. The van der Waals surface area contributed by atoms with Gasteiger partial charge in [0.15, 0.2) is 24.9 Å². The number of hydrogen-bond donors (Lipinski definition) is 11. The third kappa shape index (κ3) is 24.4. The molecule has 0 aromatic heterocycles. The molecule has 107 heavy (non-hydrogen) atoms. The fraction of sp³-hybridized carbons (Fsp3) is 0.583. The van der Waals surface area contributed by atoms with Crippen LogP contribution in [0, 0.1) is 0 Å². The van der Waals surface area contributed by atoms with Crippen molar-refractivity contribution in [3.05, 3.63) is 123 Å². The Labute approximate surface area is 659 Å². The molecule has 0 radical (unpaired) electrons. The number of nitrogens with one attached hydrogen (secondary N) is 5. The summed E-state index contributed by atoms with van der Waals surface area (Å²) in [5.74, 6) is 0.948. The highest BCUT2D eigenvalue weighted by molar-refractivity contribution is 14.1. The molecule has 0 unspecified atom stereocenters. The van der Waals surface area contributed by atoms with Gasteiger partial charge in [-0.1, -0.05) is 71.4 Å². The highest BCUT2D eigenvalue weighted by Crippen LogP contribution is 2.49. The van der Waals surface area contributed by atoms with E-state index in [1.54, 1.807) is 51.3 Å². The number of amides is 5. The van der Waals surface area contributed by atoms with E-state index in [1.165, 1.54) is 41.5 Å². The standard InChI is InChI=1S/C15H23N2O4P.C15H25N2O4P.C14H22BrN2O3P.C14H22ClN2O3P.C14H22IN2O3P/c1-10-16-11(18)5-7-17(10)14-12-13(19)15(21-14,9-20-12)6-8-22(2,3)4;1-10-16-11(18)6-8-17(10)14-12(19)13(20)15(2,21-14)7-9-22(3,4)5;3*1-9-16-11(18)5-7-17(9)14-12(15)13(19)10(20-14)6-8-21(2,3)4/h5,7,12-14,19H,1-2,6,8-9H2,3-4H3,(H,16,18);6,8,12-14,19-20H,1,3,7,9H2,2,4-5H3,(H,16,18);3*5,7,10,12-14,19H,1-2,6,8H2,3-4H3,(H,16,18)/t12-,13+,14-,15+;12-,13+,14-,15-;3*10-,12-,13-,14-/m11111/s1. The molecule has 0 aromatic rings. The fourth-order valence-corrected chi connectivity index (χ4v) is 19.7. The number of carbonyl (C=O) groups is 5. The molecule has 35 heteroatoms. The first-order valence-corrected chi connectivity index (χ1v) is 52.8. The second kappa shape index (κ2) is 36.6. The number of fused-ring (bicyclic) bond motifs is 2. The highest BCUT2D eigenvalue weighted by atomic mass is 127. The number of halogens is 3. The second-order valence-electron chi connectivity index (χ2n) is 32.0. The van der Waals surface area contributed by atoms with E-state index in [9.17, 15) is 54.6 Å². The Balaban J connectivity index is 0.000000187. The van der Waals surface area contributed by atoms with Crippen LogP contribution in [-0.2, 0) is 52.4 Å². The summed E-state index contributed by atoms with van der Waals surface area (Å²) < 4.78 is 35.7. The SMILES string of the molecule is C=C1NC(=O)C=CN1[C@@H]1O[C@@]2(CCP(=C)(C)C)CO[C@@H]1[C@@H]2O.C=C1NC(=O)C=CN1[C@@H]1O[C@H](CCP(=C)(C)C)[C@@H](O)[C@H]1Br.C=C1NC(=O)C=CN1[C@@H]1O[C@H](CCP(=C)(C)C)[C@@H](O)[C@H]1Cl.C=C1NC(=O)C=CN1[C@@H]1O[C@H](CCP(=C)(C)C)[C@@H](O)[C@H]1I.C=C1NC(=O)C=CN1[C@@H]1O[C@](C)(CCP(=C)(C)C)[C@@H](O)[C@H]1O. The third-order valence-electron chi connectivity index (χ3n) is 19.1. The van der Waals surface area contributed by atoms with Crippen LogP contribution >= 0.6 is 84.6 Å². The van der Waals surface area contributed by atoms with Gasteiger partial charge in [-0.15, -0.1) is 77.5 Å². The molecule has 11 aliphatic heterocycles. The maximum atomic E-state index is 11.3. The highest BCUT2D eigenvalue weighted by Gasteiger charge is 2.62. The summed E-state index contributed by atoms with van der Waals surface area (Å²) in [6.45, 7) is 36.9. The monoisotopic (exact) mass is 1790 g/mol. The van der Waals surface area contributed by atoms with Gasteiger partial charge < -0.3 is 110 Å². The summed E-state index contributed by atoms with van der Waals surface area (Å²) in [4.78, 5) is 64.5. The molecule has 20 atom stereocenters. The van der Waals surface area contributed by atoms with Crippen molar-refractivity contribution in [3.8, 4) is 0 Å². The van der Waals surface area contributed by atoms with Crippen LogP contribution in [0.25, 0.3) is 0 Å². The minimum Gasteiger partial charge on any atom is -0.389 e. The lowest BCUT2D eigenvalue weighted by molar-refractivity contribution is -0.182. The zero-order valence-corrected chi connectivity index (χ0v) is 72.3. The lowest BCUT2D eigenvalue weighted by Crippen LogP contribution is -2.49. The molecule has 5 amide bonds. The molecule has 0 aliphatic carbocycles. The van der Waals surface area contributed by atoms with Gasteiger partial charge in [0.1, 0.15) is 76.8 Å². The number of hydrogen-bond acceptors (Lipinski definition) is 22. The van der Waals surface area contributed by atoms with E-state index in [0.717, 1.165) is 56.5 Å². The van der Waals surface area contributed by atoms with E-state index < -0.39 is 112 Å². The molecule has 0 saturated carbocycles. The topological polar surface area (TPSA) is 338 Å². The second-order valence-corrected chi connectivity index (χ2v) is 56.6. The quantitative estimate of drug-likeness (QED) is 0.0449. The Morgan fingerprint density at radius 2 is 0.794 bits per heavy atom. The van der Waals surface area contributed by atoms with Gasteiger partial charge in [-0.2, -0.15) is 0 Å². The Morgan fingerprint density at radius 1 is 0.467 bits per heavy atom. The molecule has 6 saturated heterocycles. The van der Waals surface area contributed by atoms with Gasteiger partial charge in [-0.25, -0.2) is 0 Å². The van der Waals surface area contributed by atoms with Crippen LogP contribution < -0.4 is 26.6 Å². The average Bonchev–Trinajstić information content (AvgIpc) is 1.57. The Morgan fingerprint density at radius 3 is 1.19 bits per heavy atom. The molecule has 0 spiro atoms. The first kappa shape index (κ1) is 90.5. The molecule has 0 aromatic carbocycles. The molecule has 11 rings (SSSR count). The van der Waals surface area contributed by atoms with Crippen LogP contribution in [0.15, 0.2) is 123 Å². The lowest BCUT2D eigenvalue weighted by atomic mass is 9.94. The number of rotatable bonds is 20. The number of ether oxygens (including phenoxy) is 6. The zero-order chi connectivity index (χ0) is 80.2. The molecular weight excluding hydrogens is 1670 g/mol. The predicted molar refractivity (Wildman–Crippen MR) is 451 cm³/mol. The number of aliphatic hydroxyl groups excluding tert-OH is 6. The maximum Gasteiger partial charge on any atom is 0.250 e. The molecule has 2 bridgehead atoms. The van der Waals surface area contributed by atoms with Gasteiger partial charge in [0.2, 0.25) is 0 Å². The molecule has 27 nitrogen and oxygen atoms in total. The van der Waals surface area contributed by atoms with Crippen molar-refractivity contribution in [3.63, 3.8) is 0 Å². The summed E-state index contributed by atoms with van der Waals surface area (Å²) in [6.07, 6.45) is 35.8.